The highest BCUT2D eigenvalue weighted by Crippen LogP contribution is 2.30. The molecule has 320 valence electrons. The summed E-state index contributed by atoms with van der Waals surface area (Å²) in [6.45, 7) is 16.6. The number of terminal acetylenes is 2. The summed E-state index contributed by atoms with van der Waals surface area (Å²) < 4.78 is 55.0. The van der Waals surface area contributed by atoms with E-state index >= 15 is 0 Å². The fourth-order valence-corrected chi connectivity index (χ4v) is 5.38. The second-order valence-corrected chi connectivity index (χ2v) is 13.9. The number of carbonyl (C=O) groups is 3. The van der Waals surface area contributed by atoms with Gasteiger partial charge in [0.25, 0.3) is 5.56 Å². The quantitative estimate of drug-likeness (QED) is 0.0979. The van der Waals surface area contributed by atoms with Crippen LogP contribution in [0.3, 0.4) is 0 Å². The molecular weight excluding hydrogens is 774 g/mol. The van der Waals surface area contributed by atoms with Crippen molar-refractivity contribution in [3.05, 3.63) is 77.9 Å². The van der Waals surface area contributed by atoms with Gasteiger partial charge in [-0.1, -0.05) is 27.7 Å². The van der Waals surface area contributed by atoms with E-state index in [0.29, 0.717) is 23.8 Å². The summed E-state index contributed by atoms with van der Waals surface area (Å²) >= 11 is 0. The van der Waals surface area contributed by atoms with Crippen molar-refractivity contribution in [2.45, 2.75) is 103 Å². The number of alkyl halides is 3. The van der Waals surface area contributed by atoms with E-state index < -0.39 is 22.7 Å². The zero-order valence-corrected chi connectivity index (χ0v) is 35.0. The Labute approximate surface area is 343 Å². The Bertz CT molecular complexity index is 1750. The molecule has 1 aromatic carbocycles. The van der Waals surface area contributed by atoms with Gasteiger partial charge in [-0.05, 0) is 93.2 Å². The van der Waals surface area contributed by atoms with Gasteiger partial charge in [0.2, 0.25) is 18.7 Å². The molecule has 1 saturated heterocycles. The zero-order chi connectivity index (χ0) is 44.8. The van der Waals surface area contributed by atoms with Crippen molar-refractivity contribution in [2.75, 3.05) is 19.0 Å². The number of amides is 3. The van der Waals surface area contributed by atoms with Crippen LogP contribution in [0, 0.1) is 31.6 Å². The summed E-state index contributed by atoms with van der Waals surface area (Å²) in [5.74, 6) is 1.39. The molecule has 3 aliphatic rings. The number of pyridine rings is 2. The van der Waals surface area contributed by atoms with Crippen molar-refractivity contribution in [2.24, 2.45) is 5.92 Å². The van der Waals surface area contributed by atoms with Crippen LogP contribution in [-0.4, -0.2) is 74.8 Å². The smallest absolute Gasteiger partial charge is 0.416 e. The molecule has 6 rings (SSSR count). The molecule has 12 nitrogen and oxygen atoms in total. The van der Waals surface area contributed by atoms with Crippen molar-refractivity contribution in [3.8, 4) is 31.4 Å². The first kappa shape index (κ1) is 54.5. The number of ether oxygens (including phenoxy) is 1. The van der Waals surface area contributed by atoms with E-state index in [4.69, 9.17) is 4.74 Å². The zero-order valence-electron chi connectivity index (χ0n) is 34.2. The van der Waals surface area contributed by atoms with Crippen molar-refractivity contribution < 1.29 is 36.5 Å². The fourth-order valence-electron chi connectivity index (χ4n) is 4.53. The molecule has 0 bridgehead atoms. The minimum absolute atomic E-state index is 0.0344. The first-order valence-corrected chi connectivity index (χ1v) is 19.7. The van der Waals surface area contributed by atoms with Crippen LogP contribution in [0.25, 0.3) is 10.8 Å². The number of nitrogens with zero attached hydrogens (tertiary/aromatic N) is 2. The summed E-state index contributed by atoms with van der Waals surface area (Å²) in [4.78, 5) is 51.1. The number of halogens is 3. The van der Waals surface area contributed by atoms with Crippen LogP contribution < -0.4 is 25.7 Å². The van der Waals surface area contributed by atoms with E-state index in [-0.39, 0.29) is 34.6 Å². The first-order chi connectivity index (χ1) is 27.8. The number of anilines is 1. The Balaban J connectivity index is 0. The summed E-state index contributed by atoms with van der Waals surface area (Å²) in [7, 11) is 0.527. The van der Waals surface area contributed by atoms with E-state index in [0.717, 1.165) is 80.9 Å². The van der Waals surface area contributed by atoms with Gasteiger partial charge in [-0.25, -0.2) is 9.19 Å². The SMILES string of the molecule is C#C.C#C.C=C.CC.CC(C)C(C)Nc1cc(C(F)(F)F)ccn1.COc1ccc2c(=O)[nH]ccc2c1.O=CN1CCC[C@H]1C(=O)NC1CC1.O=CNS(=O)C1CC1. The lowest BCUT2D eigenvalue weighted by molar-refractivity contribution is -0.137. The Morgan fingerprint density at radius 2 is 1.64 bits per heavy atom. The van der Waals surface area contributed by atoms with Crippen LogP contribution in [0.5, 0.6) is 5.75 Å². The van der Waals surface area contributed by atoms with Gasteiger partial charge in [0, 0.05) is 36.4 Å². The molecule has 4 N–H and O–H groups in total. The van der Waals surface area contributed by atoms with Crippen molar-refractivity contribution in [1.82, 2.24) is 24.9 Å². The molecule has 2 unspecified atom stereocenters. The molecule has 16 heteroatoms. The van der Waals surface area contributed by atoms with Gasteiger partial charge in [0.1, 0.15) is 28.6 Å². The highest BCUT2D eigenvalue weighted by Gasteiger charge is 2.33. The summed E-state index contributed by atoms with van der Waals surface area (Å²) in [5, 5.41) is 7.69. The van der Waals surface area contributed by atoms with Gasteiger partial charge in [-0.15, -0.1) is 38.9 Å². The highest BCUT2D eigenvalue weighted by atomic mass is 32.2. The van der Waals surface area contributed by atoms with E-state index in [1.54, 1.807) is 30.3 Å². The number of rotatable bonds is 10. The Hall–Kier alpha value is -5.61. The van der Waals surface area contributed by atoms with Gasteiger partial charge >= 0.3 is 6.18 Å². The normalized spacial score (nSPS) is 15.6. The largest absolute Gasteiger partial charge is 0.497 e. The van der Waals surface area contributed by atoms with Gasteiger partial charge in [0.05, 0.1) is 17.9 Å². The molecule has 2 aliphatic carbocycles. The van der Waals surface area contributed by atoms with Crippen LogP contribution >= 0.6 is 0 Å². The predicted molar refractivity (Wildman–Crippen MR) is 228 cm³/mol. The van der Waals surface area contributed by atoms with Crippen molar-refractivity contribution in [3.63, 3.8) is 0 Å². The molecule has 3 atom stereocenters. The van der Waals surface area contributed by atoms with Gasteiger partial charge < -0.3 is 25.3 Å². The number of fused-ring (bicyclic) bond motifs is 1. The van der Waals surface area contributed by atoms with Crippen LogP contribution in [-0.2, 0) is 31.5 Å². The lowest BCUT2D eigenvalue weighted by atomic mass is 10.1. The molecule has 2 aromatic heterocycles. The number of aromatic nitrogens is 2. The van der Waals surface area contributed by atoms with E-state index in [9.17, 15) is 36.6 Å². The number of hydrogen-bond donors (Lipinski definition) is 4. The molecule has 3 amide bonds. The van der Waals surface area contributed by atoms with Crippen LogP contribution in [0.4, 0.5) is 19.0 Å². The minimum Gasteiger partial charge on any atom is -0.497 e. The third-order valence-electron chi connectivity index (χ3n) is 8.09. The third-order valence-corrected chi connectivity index (χ3v) is 9.50. The molecule has 0 spiro atoms. The molecule has 2 saturated carbocycles. The Morgan fingerprint density at radius 3 is 2.14 bits per heavy atom. The molecule has 3 fully saturated rings. The third kappa shape index (κ3) is 21.1. The maximum atomic E-state index is 12.4. The number of methoxy groups -OCH3 is 1. The summed E-state index contributed by atoms with van der Waals surface area (Å²) in [6.07, 6.45) is 21.7. The van der Waals surface area contributed by atoms with E-state index in [1.165, 1.54) is 0 Å². The minimum atomic E-state index is -4.32. The van der Waals surface area contributed by atoms with Crippen LogP contribution in [0.2, 0.25) is 0 Å². The maximum Gasteiger partial charge on any atom is 0.416 e. The van der Waals surface area contributed by atoms with Crippen molar-refractivity contribution in [1.29, 1.82) is 0 Å². The molecule has 0 radical (unpaired) electrons. The lowest BCUT2D eigenvalue weighted by Crippen LogP contribution is -2.43. The molecular formula is C42H59F3N6O6S. The Morgan fingerprint density at radius 1 is 1.02 bits per heavy atom. The predicted octanol–water partition coefficient (Wildman–Crippen LogP) is 6.87. The van der Waals surface area contributed by atoms with Gasteiger partial charge in [-0.3, -0.25) is 23.9 Å². The average Bonchev–Trinajstić information content (AvgIpc) is 4.20. The monoisotopic (exact) mass is 832 g/mol. The van der Waals surface area contributed by atoms with Crippen LogP contribution in [0.15, 0.2) is 66.7 Å². The standard InChI is InChI=1S/C11H15F3N2.C10H9NO2.C9H14N2O2.C4H7NO2S.C2H6.C2H4.2C2H2/c1-7(2)8(3)16-10-6-9(4-5-15-10)11(12,13)14;1-13-8-2-3-9-7(6-8)4-5-11-10(9)12;12-6-11-5-1-2-8(11)9(13)10-7-3-4-7;6-3-5-8(7)4-1-2-4;4*1-2/h4-8H,1-3H3,(H,15,16);2-6H,1H3,(H,11,12);6-8H,1-5H2,(H,10,13);3-4H,1-2H2,(H,5,6);1-2H3;1-2H2;2*1-2H/t;;8-;;;;;/m..0...../s1. The lowest BCUT2D eigenvalue weighted by Gasteiger charge is -2.18. The first-order valence-electron chi connectivity index (χ1n) is 18.5. The topological polar surface area (TPSA) is 163 Å². The number of hydrogen-bond acceptors (Lipinski definition) is 8. The average molecular weight is 833 g/mol. The van der Waals surface area contributed by atoms with Gasteiger partial charge in [-0.2, -0.15) is 13.2 Å². The molecule has 3 aromatic rings. The fraction of sp³-hybridized carbons (Fsp3) is 0.452. The molecule has 1 aliphatic heterocycles. The number of nitrogens with one attached hydrogen (secondary N) is 4. The summed E-state index contributed by atoms with van der Waals surface area (Å²) in [6, 6.07) is 9.48. The highest BCUT2D eigenvalue weighted by molar-refractivity contribution is 7.84. The van der Waals surface area contributed by atoms with Crippen molar-refractivity contribution >= 4 is 46.3 Å². The number of benzene rings is 1. The Kier molecular flexibility index (Phi) is 28.7. The molecule has 3 heterocycles. The maximum absolute atomic E-state index is 12.4. The number of likely N-dealkylation sites (tertiary alicyclic amines) is 1. The number of aromatic amines is 1. The van der Waals surface area contributed by atoms with Gasteiger partial charge in [0.15, 0.2) is 0 Å². The van der Waals surface area contributed by atoms with E-state index in [1.807, 2.05) is 46.8 Å². The number of H-pyrrole nitrogens is 1. The summed E-state index contributed by atoms with van der Waals surface area (Å²) in [5.41, 5.74) is -0.749. The number of carbonyl (C=O) groups excluding carboxylic acids is 3. The second-order valence-electron chi connectivity index (χ2n) is 12.4. The molecule has 58 heavy (non-hydrogen) atoms. The second kappa shape index (κ2) is 30.5. The van der Waals surface area contributed by atoms with E-state index in [2.05, 4.69) is 64.2 Å². The van der Waals surface area contributed by atoms with Crippen LogP contribution in [0.1, 0.15) is 78.7 Å².